The zero-order chi connectivity index (χ0) is 24.5. The molecular weight excluding hydrogens is 450 g/mol. The van der Waals surface area contributed by atoms with E-state index in [1.165, 1.54) is 29.6 Å². The Balaban J connectivity index is 1.49. The van der Waals surface area contributed by atoms with Crippen molar-refractivity contribution in [3.05, 3.63) is 40.3 Å². The molecule has 0 bridgehead atoms. The Morgan fingerprint density at radius 1 is 1.00 bits per heavy atom. The summed E-state index contributed by atoms with van der Waals surface area (Å²) in [5.41, 5.74) is 3.02. The number of anilines is 3. The first-order valence-electron chi connectivity index (χ1n) is 11.6. The van der Waals surface area contributed by atoms with Gasteiger partial charge in [-0.3, -0.25) is 19.3 Å². The van der Waals surface area contributed by atoms with Crippen molar-refractivity contribution in [1.82, 2.24) is 4.90 Å². The summed E-state index contributed by atoms with van der Waals surface area (Å²) in [7, 11) is 0. The summed E-state index contributed by atoms with van der Waals surface area (Å²) in [5, 5.41) is 18.7. The van der Waals surface area contributed by atoms with Crippen molar-refractivity contribution in [3.8, 4) is 6.07 Å². The van der Waals surface area contributed by atoms with Gasteiger partial charge >= 0.3 is 0 Å². The Morgan fingerprint density at radius 2 is 1.68 bits per heavy atom. The van der Waals surface area contributed by atoms with E-state index in [0.29, 0.717) is 35.0 Å². The van der Waals surface area contributed by atoms with Crippen LogP contribution in [0.3, 0.4) is 0 Å². The Morgan fingerprint density at radius 3 is 2.32 bits per heavy atom. The third-order valence-electron chi connectivity index (χ3n) is 5.74. The molecule has 0 saturated carbocycles. The smallest absolute Gasteiger partial charge is 0.238 e. The number of amides is 3. The lowest BCUT2D eigenvalue weighted by Gasteiger charge is -2.19. The topological polar surface area (TPSA) is 114 Å². The van der Waals surface area contributed by atoms with Gasteiger partial charge in [-0.05, 0) is 62.1 Å². The molecule has 9 heteroatoms. The van der Waals surface area contributed by atoms with Crippen molar-refractivity contribution in [3.63, 3.8) is 0 Å². The third-order valence-corrected chi connectivity index (χ3v) is 6.95. The van der Waals surface area contributed by atoms with E-state index in [0.717, 1.165) is 31.2 Å². The molecule has 1 aromatic carbocycles. The Kier molecular flexibility index (Phi) is 9.19. The number of hydrogen-bond donors (Lipinski definition) is 3. The van der Waals surface area contributed by atoms with Crippen molar-refractivity contribution in [2.24, 2.45) is 0 Å². The number of nitrogens with zero attached hydrogens (tertiary/aromatic N) is 2. The number of rotatable bonds is 9. The second-order valence-electron chi connectivity index (χ2n) is 8.35. The first kappa shape index (κ1) is 25.4. The summed E-state index contributed by atoms with van der Waals surface area (Å²) in [6.07, 6.45) is 5.49. The first-order chi connectivity index (χ1) is 16.4. The van der Waals surface area contributed by atoms with Crippen LogP contribution in [0.2, 0.25) is 0 Å². The molecule has 0 fully saturated rings. The molecule has 0 unspecified atom stereocenters. The van der Waals surface area contributed by atoms with E-state index in [4.69, 9.17) is 0 Å². The van der Waals surface area contributed by atoms with Gasteiger partial charge in [-0.25, -0.2) is 0 Å². The van der Waals surface area contributed by atoms with E-state index < -0.39 is 0 Å². The number of fused-ring (bicyclic) bond motifs is 1. The fourth-order valence-corrected chi connectivity index (χ4v) is 5.25. The minimum absolute atomic E-state index is 0.152. The molecule has 34 heavy (non-hydrogen) atoms. The highest BCUT2D eigenvalue weighted by molar-refractivity contribution is 7.16. The van der Waals surface area contributed by atoms with Crippen LogP contribution in [0.25, 0.3) is 0 Å². The molecule has 0 radical (unpaired) electrons. The summed E-state index contributed by atoms with van der Waals surface area (Å²) in [6.45, 7) is 4.60. The van der Waals surface area contributed by atoms with Gasteiger partial charge in [0, 0.05) is 36.1 Å². The number of benzene rings is 1. The average Bonchev–Trinajstić information content (AvgIpc) is 2.96. The normalized spacial score (nSPS) is 12.9. The molecule has 0 aliphatic heterocycles. The highest BCUT2D eigenvalue weighted by Crippen LogP contribution is 2.37. The lowest BCUT2D eigenvalue weighted by molar-refractivity contribution is -0.119. The molecule has 8 nitrogen and oxygen atoms in total. The monoisotopic (exact) mass is 481 g/mol. The fourth-order valence-electron chi connectivity index (χ4n) is 3.99. The van der Waals surface area contributed by atoms with Crippen molar-refractivity contribution in [2.75, 3.05) is 35.6 Å². The maximum atomic E-state index is 12.6. The van der Waals surface area contributed by atoms with Crippen LogP contribution in [0.5, 0.6) is 0 Å². The maximum Gasteiger partial charge on any atom is 0.238 e. The van der Waals surface area contributed by atoms with Crippen LogP contribution in [-0.2, 0) is 27.2 Å². The van der Waals surface area contributed by atoms with Crippen molar-refractivity contribution in [2.45, 2.75) is 52.4 Å². The minimum Gasteiger partial charge on any atom is -0.326 e. The van der Waals surface area contributed by atoms with E-state index in [1.807, 2.05) is 11.8 Å². The summed E-state index contributed by atoms with van der Waals surface area (Å²) < 4.78 is 0. The molecule has 0 atom stereocenters. The molecule has 3 rings (SSSR count). The number of nitriles is 1. The number of hydrogen-bond acceptors (Lipinski definition) is 6. The number of likely N-dealkylation sites (N-methyl/N-ethyl adjacent to an activating group) is 1. The molecule has 180 valence electrons. The van der Waals surface area contributed by atoms with Crippen LogP contribution in [-0.4, -0.2) is 42.3 Å². The number of nitrogens with one attached hydrogen (secondary N) is 3. The number of thiophene rings is 1. The summed E-state index contributed by atoms with van der Waals surface area (Å²) in [6, 6.07) is 9.18. The van der Waals surface area contributed by atoms with Gasteiger partial charge in [0.1, 0.15) is 11.1 Å². The molecule has 1 aliphatic rings. The minimum atomic E-state index is -0.178. The molecule has 0 saturated heterocycles. The standard InChI is InChI=1S/C25H31N5O3S/c1-3-30(16-24(33)28-19-11-9-18(10-12-19)27-17(2)31)14-13-23(32)29-25-21(15-26)20-7-5-4-6-8-22(20)34-25/h9-12H,3-8,13-14,16H2,1-2H3,(H,27,31)(H,28,33)(H,29,32). The molecular formula is C25H31N5O3S. The third kappa shape index (κ3) is 7.14. The molecule has 0 spiro atoms. The maximum absolute atomic E-state index is 12.6. The summed E-state index contributed by atoms with van der Waals surface area (Å²) in [4.78, 5) is 39.3. The van der Waals surface area contributed by atoms with Gasteiger partial charge in [0.05, 0.1) is 12.1 Å². The molecule has 2 aromatic rings. The second-order valence-corrected chi connectivity index (χ2v) is 9.46. The van der Waals surface area contributed by atoms with E-state index in [2.05, 4.69) is 22.0 Å². The van der Waals surface area contributed by atoms with Crippen LogP contribution in [0, 0.1) is 11.3 Å². The first-order valence-corrected chi connectivity index (χ1v) is 12.5. The van der Waals surface area contributed by atoms with Gasteiger partial charge in [-0.2, -0.15) is 5.26 Å². The van der Waals surface area contributed by atoms with E-state index in [-0.39, 0.29) is 30.7 Å². The predicted octanol–water partition coefficient (Wildman–Crippen LogP) is 4.14. The summed E-state index contributed by atoms with van der Waals surface area (Å²) in [5.74, 6) is -0.485. The SMILES string of the molecule is CCN(CCC(=O)Nc1sc2c(c1C#N)CCCCC2)CC(=O)Nc1ccc(NC(C)=O)cc1. The largest absolute Gasteiger partial charge is 0.326 e. The zero-order valence-corrected chi connectivity index (χ0v) is 20.5. The van der Waals surface area contributed by atoms with Crippen molar-refractivity contribution < 1.29 is 14.4 Å². The van der Waals surface area contributed by atoms with Gasteiger partial charge in [0.25, 0.3) is 0 Å². The van der Waals surface area contributed by atoms with Crippen LogP contribution in [0.15, 0.2) is 24.3 Å². The molecule has 1 aliphatic carbocycles. The number of carbonyl (C=O) groups is 3. The fraction of sp³-hybridized carbons (Fsp3) is 0.440. The van der Waals surface area contributed by atoms with Crippen LogP contribution >= 0.6 is 11.3 Å². The van der Waals surface area contributed by atoms with Crippen molar-refractivity contribution in [1.29, 1.82) is 5.26 Å². The number of aryl methyl sites for hydroxylation is 1. The number of carbonyl (C=O) groups excluding carboxylic acids is 3. The molecule has 1 heterocycles. The highest BCUT2D eigenvalue weighted by atomic mass is 32.1. The molecule has 1 aromatic heterocycles. The lowest BCUT2D eigenvalue weighted by Crippen LogP contribution is -2.35. The molecule has 3 N–H and O–H groups in total. The molecule has 3 amide bonds. The predicted molar refractivity (Wildman–Crippen MR) is 135 cm³/mol. The van der Waals surface area contributed by atoms with E-state index >= 15 is 0 Å². The quantitative estimate of drug-likeness (QED) is 0.466. The van der Waals surface area contributed by atoms with E-state index in [1.54, 1.807) is 24.3 Å². The van der Waals surface area contributed by atoms with Crippen LogP contribution < -0.4 is 16.0 Å². The van der Waals surface area contributed by atoms with E-state index in [9.17, 15) is 19.6 Å². The summed E-state index contributed by atoms with van der Waals surface area (Å²) >= 11 is 1.53. The Labute approximate surface area is 204 Å². The average molecular weight is 482 g/mol. The highest BCUT2D eigenvalue weighted by Gasteiger charge is 2.21. The lowest BCUT2D eigenvalue weighted by atomic mass is 10.1. The van der Waals surface area contributed by atoms with Crippen LogP contribution in [0.1, 0.15) is 55.5 Å². The van der Waals surface area contributed by atoms with Gasteiger partial charge < -0.3 is 16.0 Å². The van der Waals surface area contributed by atoms with Crippen molar-refractivity contribution >= 4 is 45.4 Å². The van der Waals surface area contributed by atoms with Gasteiger partial charge in [0.2, 0.25) is 17.7 Å². The Bertz CT molecular complexity index is 1070. The zero-order valence-electron chi connectivity index (χ0n) is 19.7. The van der Waals surface area contributed by atoms with Crippen LogP contribution in [0.4, 0.5) is 16.4 Å². The van der Waals surface area contributed by atoms with Gasteiger partial charge in [-0.1, -0.05) is 13.3 Å². The van der Waals surface area contributed by atoms with Gasteiger partial charge in [-0.15, -0.1) is 11.3 Å². The van der Waals surface area contributed by atoms with Gasteiger partial charge in [0.15, 0.2) is 0 Å². The Hall–Kier alpha value is -3.22. The second kappa shape index (κ2) is 12.3.